The van der Waals surface area contributed by atoms with E-state index in [1.54, 1.807) is 17.0 Å². The topological polar surface area (TPSA) is 100 Å². The van der Waals surface area contributed by atoms with Crippen molar-refractivity contribution in [1.82, 2.24) is 24.1 Å². The van der Waals surface area contributed by atoms with Gasteiger partial charge in [-0.15, -0.1) is 0 Å². The molecule has 0 fully saturated rings. The lowest BCUT2D eigenvalue weighted by Crippen LogP contribution is -1.95. The molecule has 4 rings (SSSR count). The van der Waals surface area contributed by atoms with Gasteiger partial charge >= 0.3 is 5.82 Å². The molecule has 4 aromatic rings. The zero-order valence-corrected chi connectivity index (χ0v) is 13.1. The van der Waals surface area contributed by atoms with Gasteiger partial charge in [-0.25, -0.2) is 9.50 Å². The van der Waals surface area contributed by atoms with Crippen molar-refractivity contribution >= 4 is 11.3 Å². The third kappa shape index (κ3) is 2.78. The highest BCUT2D eigenvalue weighted by molar-refractivity contribution is 5.69. The first-order valence-corrected chi connectivity index (χ1v) is 7.34. The number of hydrogen-bond acceptors (Lipinski definition) is 6. The van der Waals surface area contributed by atoms with E-state index in [1.807, 2.05) is 36.1 Å². The molecule has 0 atom stereocenters. The number of fused-ring (bicyclic) bond motifs is 1. The number of rotatable bonds is 4. The predicted octanol–water partition coefficient (Wildman–Crippen LogP) is 2.83. The quantitative estimate of drug-likeness (QED) is 0.419. The lowest BCUT2D eigenvalue weighted by atomic mass is 10.2. The second kappa shape index (κ2) is 5.71. The van der Waals surface area contributed by atoms with Gasteiger partial charge in [-0.1, -0.05) is 0 Å². The molecule has 0 aliphatic heterocycles. The molecule has 0 aromatic carbocycles. The van der Waals surface area contributed by atoms with Crippen LogP contribution < -0.4 is 4.74 Å². The molecular formula is C16H12N6O3. The average Bonchev–Trinajstić information content (AvgIpc) is 3.24. The standard InChI is InChI=1S/C16H12N6O3/c1-20-9-13(18-10-20)11-6-15(14-4-5-19-21(14)8-11)25-12-2-3-16(17-7-12)22(23)24/h2-10H,1H3. The van der Waals surface area contributed by atoms with Crippen molar-refractivity contribution in [1.29, 1.82) is 0 Å². The van der Waals surface area contributed by atoms with Crippen LogP contribution in [0.1, 0.15) is 0 Å². The van der Waals surface area contributed by atoms with Crippen LogP contribution in [0, 0.1) is 10.1 Å². The van der Waals surface area contributed by atoms with Crippen molar-refractivity contribution in [3.05, 3.63) is 65.5 Å². The third-order valence-electron chi connectivity index (χ3n) is 3.61. The number of hydrogen-bond donors (Lipinski definition) is 0. The predicted molar refractivity (Wildman–Crippen MR) is 88.4 cm³/mol. The van der Waals surface area contributed by atoms with Gasteiger partial charge in [0, 0.05) is 31.1 Å². The van der Waals surface area contributed by atoms with Crippen LogP contribution in [0.25, 0.3) is 16.8 Å². The van der Waals surface area contributed by atoms with E-state index in [2.05, 4.69) is 15.1 Å². The zero-order chi connectivity index (χ0) is 17.4. The van der Waals surface area contributed by atoms with Gasteiger partial charge in [0.05, 0.1) is 18.2 Å². The lowest BCUT2D eigenvalue weighted by Gasteiger charge is -2.08. The van der Waals surface area contributed by atoms with Crippen molar-refractivity contribution in [2.75, 3.05) is 0 Å². The maximum Gasteiger partial charge on any atom is 0.363 e. The minimum Gasteiger partial charge on any atom is -0.451 e. The van der Waals surface area contributed by atoms with Gasteiger partial charge in [-0.05, 0) is 28.1 Å². The van der Waals surface area contributed by atoms with Crippen LogP contribution in [0.3, 0.4) is 0 Å². The Morgan fingerprint density at radius 2 is 2.08 bits per heavy atom. The van der Waals surface area contributed by atoms with Gasteiger partial charge < -0.3 is 19.4 Å². The largest absolute Gasteiger partial charge is 0.451 e. The number of imidazole rings is 1. The summed E-state index contributed by atoms with van der Waals surface area (Å²) in [6.45, 7) is 0. The maximum atomic E-state index is 10.7. The van der Waals surface area contributed by atoms with E-state index in [9.17, 15) is 10.1 Å². The summed E-state index contributed by atoms with van der Waals surface area (Å²) >= 11 is 0. The Kier molecular flexibility index (Phi) is 3.38. The van der Waals surface area contributed by atoms with Gasteiger partial charge in [-0.3, -0.25) is 0 Å². The van der Waals surface area contributed by atoms with Crippen molar-refractivity contribution < 1.29 is 9.66 Å². The summed E-state index contributed by atoms with van der Waals surface area (Å²) in [7, 11) is 1.89. The Morgan fingerprint density at radius 1 is 1.20 bits per heavy atom. The van der Waals surface area contributed by atoms with Gasteiger partial charge in [-0.2, -0.15) is 5.10 Å². The van der Waals surface area contributed by atoms with Crippen LogP contribution in [0.5, 0.6) is 11.5 Å². The van der Waals surface area contributed by atoms with Gasteiger partial charge in [0.25, 0.3) is 0 Å². The van der Waals surface area contributed by atoms with E-state index >= 15 is 0 Å². The highest BCUT2D eigenvalue weighted by Crippen LogP contribution is 2.30. The number of aryl methyl sites for hydroxylation is 1. The molecule has 4 heterocycles. The van der Waals surface area contributed by atoms with Gasteiger partial charge in [0.1, 0.15) is 5.52 Å². The summed E-state index contributed by atoms with van der Waals surface area (Å²) in [6.07, 6.45) is 8.45. The fourth-order valence-corrected chi connectivity index (χ4v) is 2.45. The molecule has 0 N–H and O–H groups in total. The van der Waals surface area contributed by atoms with Crippen molar-refractivity contribution in [3.8, 4) is 22.8 Å². The summed E-state index contributed by atoms with van der Waals surface area (Å²) in [4.78, 5) is 18.2. The first kappa shape index (κ1) is 14.8. The Balaban J connectivity index is 1.75. The Labute approximate surface area is 141 Å². The molecule has 9 heteroatoms. The molecule has 0 aliphatic rings. The zero-order valence-electron chi connectivity index (χ0n) is 13.1. The molecule has 9 nitrogen and oxygen atoms in total. The number of pyridine rings is 2. The molecule has 0 bridgehead atoms. The van der Waals surface area contributed by atoms with Crippen LogP contribution >= 0.6 is 0 Å². The fourth-order valence-electron chi connectivity index (χ4n) is 2.45. The summed E-state index contributed by atoms with van der Waals surface area (Å²) in [5.74, 6) is 0.715. The van der Waals surface area contributed by atoms with Crippen molar-refractivity contribution in [2.24, 2.45) is 7.05 Å². The molecule has 0 saturated carbocycles. The molecule has 25 heavy (non-hydrogen) atoms. The molecule has 0 radical (unpaired) electrons. The lowest BCUT2D eigenvalue weighted by molar-refractivity contribution is -0.389. The maximum absolute atomic E-state index is 10.7. The first-order valence-electron chi connectivity index (χ1n) is 7.34. The van der Waals surface area contributed by atoms with Crippen molar-refractivity contribution in [2.45, 2.75) is 0 Å². The smallest absolute Gasteiger partial charge is 0.363 e. The highest BCUT2D eigenvalue weighted by Gasteiger charge is 2.13. The first-order chi connectivity index (χ1) is 12.1. The summed E-state index contributed by atoms with van der Waals surface area (Å²) in [5.41, 5.74) is 2.38. The summed E-state index contributed by atoms with van der Waals surface area (Å²) < 4.78 is 9.42. The second-order valence-electron chi connectivity index (χ2n) is 5.39. The average molecular weight is 336 g/mol. The van der Waals surface area contributed by atoms with Crippen LogP contribution in [0.2, 0.25) is 0 Å². The molecule has 0 amide bonds. The molecule has 0 spiro atoms. The van der Waals surface area contributed by atoms with Crippen LogP contribution in [-0.2, 0) is 7.05 Å². The van der Waals surface area contributed by atoms with Crippen LogP contribution in [0.4, 0.5) is 5.82 Å². The SMILES string of the molecule is Cn1cnc(-c2cc(Oc3ccc([N+](=O)[O-])nc3)c3ccnn3c2)c1. The van der Waals surface area contributed by atoms with E-state index in [-0.39, 0.29) is 5.82 Å². The van der Waals surface area contributed by atoms with Gasteiger partial charge in [0.2, 0.25) is 0 Å². The Morgan fingerprint density at radius 3 is 2.76 bits per heavy atom. The van der Waals surface area contributed by atoms with E-state index in [4.69, 9.17) is 4.74 Å². The van der Waals surface area contributed by atoms with E-state index < -0.39 is 4.92 Å². The van der Waals surface area contributed by atoms with Crippen LogP contribution in [0.15, 0.2) is 55.4 Å². The number of nitro groups is 1. The van der Waals surface area contributed by atoms with Gasteiger partial charge in [0.15, 0.2) is 17.7 Å². The minimum atomic E-state index is -0.555. The van der Waals surface area contributed by atoms with Crippen LogP contribution in [-0.4, -0.2) is 29.1 Å². The molecule has 0 aliphatic carbocycles. The second-order valence-corrected chi connectivity index (χ2v) is 5.39. The van der Waals surface area contributed by atoms with E-state index in [0.29, 0.717) is 11.5 Å². The van der Waals surface area contributed by atoms with Crippen molar-refractivity contribution in [3.63, 3.8) is 0 Å². The summed E-state index contributed by atoms with van der Waals surface area (Å²) in [6, 6.07) is 6.47. The summed E-state index contributed by atoms with van der Waals surface area (Å²) in [5, 5.41) is 14.9. The number of ether oxygens (including phenoxy) is 1. The molecule has 124 valence electrons. The Bertz CT molecular complexity index is 1070. The van der Waals surface area contributed by atoms with E-state index in [0.717, 1.165) is 16.8 Å². The fraction of sp³-hybridized carbons (Fsp3) is 0.0625. The molecule has 0 saturated heterocycles. The molecular weight excluding hydrogens is 324 g/mol. The normalized spacial score (nSPS) is 10.9. The monoisotopic (exact) mass is 336 g/mol. The number of aromatic nitrogens is 5. The molecule has 0 unspecified atom stereocenters. The van der Waals surface area contributed by atoms with E-state index in [1.165, 1.54) is 18.3 Å². The minimum absolute atomic E-state index is 0.232. The highest BCUT2D eigenvalue weighted by atomic mass is 16.6. The number of nitrogens with zero attached hydrogens (tertiary/aromatic N) is 6. The Hall–Kier alpha value is -3.75. The third-order valence-corrected chi connectivity index (χ3v) is 3.61. The molecule has 4 aromatic heterocycles.